The minimum Gasteiger partial charge on any atom is -0.369 e. The van der Waals surface area contributed by atoms with E-state index < -0.39 is 11.7 Å². The first-order valence-electron chi connectivity index (χ1n) is 4.18. The number of H-pyrrole nitrogens is 1. The second kappa shape index (κ2) is 3.29. The van der Waals surface area contributed by atoms with Gasteiger partial charge >= 0.3 is 0 Å². The molecular formula is C6H10N8O. The van der Waals surface area contributed by atoms with Gasteiger partial charge in [-0.3, -0.25) is 9.78 Å². The molecule has 0 amide bonds. The molecule has 9 heteroatoms. The van der Waals surface area contributed by atoms with Crippen LogP contribution in [-0.4, -0.2) is 31.1 Å². The molecule has 80 valence electrons. The summed E-state index contributed by atoms with van der Waals surface area (Å²) in [5.74, 6) is 0.00152. The number of nitrogens with zero attached hydrogens (tertiary/aromatic N) is 4. The Labute approximate surface area is 83.3 Å². The van der Waals surface area contributed by atoms with Crippen molar-refractivity contribution >= 4 is 17.1 Å². The predicted octanol–water partition coefficient (Wildman–Crippen LogP) is -2.66. The fourth-order valence-corrected chi connectivity index (χ4v) is 1.21. The van der Waals surface area contributed by atoms with Crippen molar-refractivity contribution in [2.75, 3.05) is 5.73 Å². The van der Waals surface area contributed by atoms with Gasteiger partial charge in [-0.1, -0.05) is 5.21 Å². The molecule has 0 aliphatic rings. The third-order valence-corrected chi connectivity index (χ3v) is 1.78. The molecule has 15 heavy (non-hydrogen) atoms. The van der Waals surface area contributed by atoms with E-state index in [4.69, 9.17) is 17.2 Å². The lowest BCUT2D eigenvalue weighted by Gasteiger charge is -2.04. The molecule has 0 spiro atoms. The summed E-state index contributed by atoms with van der Waals surface area (Å²) in [5.41, 5.74) is 16.1. The van der Waals surface area contributed by atoms with Crippen LogP contribution in [0.4, 0.5) is 5.95 Å². The number of nitrogen functional groups attached to an aromatic ring is 1. The van der Waals surface area contributed by atoms with Crippen LogP contribution in [0.2, 0.25) is 0 Å². The number of fused-ring (bicyclic) bond motifs is 1. The summed E-state index contributed by atoms with van der Waals surface area (Å²) in [5, 5.41) is 7.36. The van der Waals surface area contributed by atoms with E-state index in [0.29, 0.717) is 0 Å². The van der Waals surface area contributed by atoms with Crippen molar-refractivity contribution in [2.24, 2.45) is 11.5 Å². The molecule has 0 saturated carbocycles. The molecule has 0 aliphatic carbocycles. The first-order chi connectivity index (χ1) is 7.08. The van der Waals surface area contributed by atoms with E-state index in [0.717, 1.165) is 0 Å². The summed E-state index contributed by atoms with van der Waals surface area (Å²) in [6.07, 6.45) is -0.600. The van der Waals surface area contributed by atoms with Crippen LogP contribution in [0.25, 0.3) is 11.2 Å². The summed E-state index contributed by atoms with van der Waals surface area (Å²) in [4.78, 5) is 17.6. The second-order valence-electron chi connectivity index (χ2n) is 3.06. The molecule has 2 aromatic rings. The van der Waals surface area contributed by atoms with Gasteiger partial charge in [0.25, 0.3) is 5.56 Å². The molecule has 2 aromatic heterocycles. The quantitative estimate of drug-likeness (QED) is 0.394. The minimum atomic E-state index is -0.600. The standard InChI is InChI=1S/C6H10N8O/c7-2(8)1-14-4-3(12-13-14)5(15)11-6(9)10-4/h2H,1,7-8H2,(H3,9,10,11,15). The normalized spacial score (nSPS) is 11.4. The summed E-state index contributed by atoms with van der Waals surface area (Å²) >= 11 is 0. The summed E-state index contributed by atoms with van der Waals surface area (Å²) < 4.78 is 1.34. The first kappa shape index (κ1) is 9.55. The van der Waals surface area contributed by atoms with Crippen LogP contribution in [0.5, 0.6) is 0 Å². The first-order valence-corrected chi connectivity index (χ1v) is 4.18. The van der Waals surface area contributed by atoms with Crippen molar-refractivity contribution in [3.05, 3.63) is 10.4 Å². The lowest BCUT2D eigenvalue weighted by Crippen LogP contribution is -2.35. The highest BCUT2D eigenvalue weighted by Gasteiger charge is 2.11. The highest BCUT2D eigenvalue weighted by atomic mass is 16.1. The van der Waals surface area contributed by atoms with E-state index >= 15 is 0 Å². The maximum absolute atomic E-state index is 11.3. The van der Waals surface area contributed by atoms with Gasteiger partial charge in [0.1, 0.15) is 0 Å². The summed E-state index contributed by atoms with van der Waals surface area (Å²) in [6.45, 7) is 0.215. The van der Waals surface area contributed by atoms with Gasteiger partial charge in [0.15, 0.2) is 11.2 Å². The Hall–Kier alpha value is -2.00. The van der Waals surface area contributed by atoms with Crippen molar-refractivity contribution in [3.63, 3.8) is 0 Å². The Morgan fingerprint density at radius 1 is 1.47 bits per heavy atom. The zero-order valence-electron chi connectivity index (χ0n) is 7.71. The van der Waals surface area contributed by atoms with Crippen LogP contribution in [0, 0.1) is 0 Å². The molecule has 0 bridgehead atoms. The maximum Gasteiger partial charge on any atom is 0.282 e. The van der Waals surface area contributed by atoms with Crippen molar-refractivity contribution in [3.8, 4) is 0 Å². The van der Waals surface area contributed by atoms with Crippen molar-refractivity contribution in [1.82, 2.24) is 25.0 Å². The number of aromatic amines is 1. The van der Waals surface area contributed by atoms with Crippen molar-refractivity contribution in [2.45, 2.75) is 12.7 Å². The van der Waals surface area contributed by atoms with Crippen LogP contribution < -0.4 is 22.8 Å². The monoisotopic (exact) mass is 210 g/mol. The number of nitrogens with one attached hydrogen (secondary N) is 1. The van der Waals surface area contributed by atoms with Gasteiger partial charge in [0.2, 0.25) is 5.95 Å². The van der Waals surface area contributed by atoms with E-state index in [2.05, 4.69) is 20.3 Å². The molecule has 9 nitrogen and oxygen atoms in total. The highest BCUT2D eigenvalue weighted by Crippen LogP contribution is 2.03. The molecule has 0 aliphatic heterocycles. The van der Waals surface area contributed by atoms with Gasteiger partial charge in [-0.05, 0) is 0 Å². The fraction of sp³-hybridized carbons (Fsp3) is 0.333. The number of rotatable bonds is 2. The van der Waals surface area contributed by atoms with E-state index in [1.165, 1.54) is 4.68 Å². The van der Waals surface area contributed by atoms with Crippen molar-refractivity contribution in [1.29, 1.82) is 0 Å². The Balaban J connectivity index is 2.63. The number of aromatic nitrogens is 5. The maximum atomic E-state index is 11.3. The lowest BCUT2D eigenvalue weighted by molar-refractivity contribution is 0.519. The van der Waals surface area contributed by atoms with Crippen molar-refractivity contribution < 1.29 is 0 Å². The number of hydrogen-bond acceptors (Lipinski definition) is 7. The van der Waals surface area contributed by atoms with Crippen LogP contribution in [0.15, 0.2) is 4.79 Å². The SMILES string of the molecule is Nc1nc2c(nnn2CC(N)N)c(=O)[nH]1. The second-order valence-corrected chi connectivity index (χ2v) is 3.06. The number of anilines is 1. The van der Waals surface area contributed by atoms with E-state index in [9.17, 15) is 4.79 Å². The van der Waals surface area contributed by atoms with Gasteiger partial charge in [0, 0.05) is 0 Å². The Morgan fingerprint density at radius 2 is 2.20 bits per heavy atom. The van der Waals surface area contributed by atoms with E-state index in [1.54, 1.807) is 0 Å². The molecule has 7 N–H and O–H groups in total. The topological polar surface area (TPSA) is 155 Å². The van der Waals surface area contributed by atoms with Crippen LogP contribution in [-0.2, 0) is 6.54 Å². The van der Waals surface area contributed by atoms with Crippen LogP contribution in [0.1, 0.15) is 0 Å². The zero-order chi connectivity index (χ0) is 11.0. The summed E-state index contributed by atoms with van der Waals surface area (Å²) in [6, 6.07) is 0. The van der Waals surface area contributed by atoms with Gasteiger partial charge in [-0.25, -0.2) is 4.68 Å². The van der Waals surface area contributed by atoms with Gasteiger partial charge in [-0.15, -0.1) is 5.10 Å². The molecule has 0 aromatic carbocycles. The fourth-order valence-electron chi connectivity index (χ4n) is 1.21. The Bertz CT molecular complexity index is 540. The Kier molecular flexibility index (Phi) is 2.10. The van der Waals surface area contributed by atoms with E-state index in [-0.39, 0.29) is 23.7 Å². The molecule has 0 radical (unpaired) electrons. The average Bonchev–Trinajstić information content (AvgIpc) is 2.48. The minimum absolute atomic E-state index is 0.00152. The van der Waals surface area contributed by atoms with Crippen LogP contribution in [0.3, 0.4) is 0 Å². The number of hydrogen-bond donors (Lipinski definition) is 4. The van der Waals surface area contributed by atoms with Gasteiger partial charge in [0.05, 0.1) is 12.7 Å². The molecule has 2 heterocycles. The predicted molar refractivity (Wildman–Crippen MR) is 52.5 cm³/mol. The number of nitrogens with two attached hydrogens (primary N) is 3. The smallest absolute Gasteiger partial charge is 0.282 e. The largest absolute Gasteiger partial charge is 0.369 e. The molecule has 0 fully saturated rings. The highest BCUT2D eigenvalue weighted by molar-refractivity contribution is 5.69. The summed E-state index contributed by atoms with van der Waals surface area (Å²) in [7, 11) is 0. The van der Waals surface area contributed by atoms with Gasteiger partial charge in [-0.2, -0.15) is 4.98 Å². The molecule has 2 rings (SSSR count). The Morgan fingerprint density at radius 3 is 2.87 bits per heavy atom. The van der Waals surface area contributed by atoms with Crippen LogP contribution >= 0.6 is 0 Å². The third-order valence-electron chi connectivity index (χ3n) is 1.78. The third kappa shape index (κ3) is 1.65. The molecular weight excluding hydrogens is 200 g/mol. The zero-order valence-corrected chi connectivity index (χ0v) is 7.71. The van der Waals surface area contributed by atoms with Gasteiger partial charge < -0.3 is 17.2 Å². The lowest BCUT2D eigenvalue weighted by atomic mass is 10.5. The molecule has 0 unspecified atom stereocenters. The average molecular weight is 210 g/mol. The molecule has 0 saturated heterocycles. The van der Waals surface area contributed by atoms with E-state index in [1.807, 2.05) is 0 Å². The molecule has 0 atom stereocenters.